The summed E-state index contributed by atoms with van der Waals surface area (Å²) in [5, 5.41) is 8.79. The number of hydrogen-bond acceptors (Lipinski definition) is 5. The number of aryl methyl sites for hydroxylation is 1. The number of nitrogens with zero attached hydrogens (tertiary/aromatic N) is 3. The monoisotopic (exact) mass is 221 g/mol. The minimum atomic E-state index is -1.02. The summed E-state index contributed by atoms with van der Waals surface area (Å²) in [5.41, 5.74) is 0.701. The summed E-state index contributed by atoms with van der Waals surface area (Å²) in [6.45, 7) is 1.78. The molecule has 0 bridgehead atoms. The predicted molar refractivity (Wildman–Crippen MR) is 54.8 cm³/mol. The van der Waals surface area contributed by atoms with Gasteiger partial charge >= 0.3 is 5.97 Å². The van der Waals surface area contributed by atoms with Gasteiger partial charge in [-0.05, 0) is 13.0 Å². The topological polar surface area (TPSA) is 76.0 Å². The zero-order valence-corrected chi connectivity index (χ0v) is 8.65. The van der Waals surface area contributed by atoms with Gasteiger partial charge in [-0.15, -0.1) is 11.3 Å². The average Bonchev–Trinajstić information content (AvgIpc) is 2.66. The van der Waals surface area contributed by atoms with Crippen LogP contribution in [0.4, 0.5) is 0 Å². The molecule has 0 amide bonds. The molecule has 2 rings (SSSR count). The lowest BCUT2D eigenvalue weighted by Gasteiger charge is -1.95. The van der Waals surface area contributed by atoms with Crippen LogP contribution in [0.1, 0.15) is 15.6 Å². The number of rotatable bonds is 2. The van der Waals surface area contributed by atoms with Gasteiger partial charge in [0.25, 0.3) is 0 Å². The van der Waals surface area contributed by atoms with E-state index in [0.717, 1.165) is 16.2 Å². The first-order chi connectivity index (χ1) is 7.16. The zero-order chi connectivity index (χ0) is 10.8. The maximum atomic E-state index is 10.6. The Labute approximate surface area is 89.5 Å². The molecule has 0 unspecified atom stereocenters. The van der Waals surface area contributed by atoms with E-state index in [2.05, 4.69) is 15.0 Å². The number of carbonyl (C=O) groups is 1. The van der Waals surface area contributed by atoms with Crippen LogP contribution in [0.2, 0.25) is 0 Å². The van der Waals surface area contributed by atoms with E-state index in [-0.39, 0.29) is 5.01 Å². The summed E-state index contributed by atoms with van der Waals surface area (Å²) in [6.07, 6.45) is 3.15. The first-order valence-corrected chi connectivity index (χ1v) is 4.97. The lowest BCUT2D eigenvalue weighted by Crippen LogP contribution is -1.92. The van der Waals surface area contributed by atoms with Crippen LogP contribution in [0.3, 0.4) is 0 Å². The molecule has 0 fully saturated rings. The van der Waals surface area contributed by atoms with Crippen molar-refractivity contribution in [3.63, 3.8) is 0 Å². The number of aromatic carboxylic acids is 1. The summed E-state index contributed by atoms with van der Waals surface area (Å²) < 4.78 is 0. The largest absolute Gasteiger partial charge is 0.476 e. The molecule has 0 saturated carbocycles. The first-order valence-electron chi connectivity index (χ1n) is 4.16. The molecule has 6 heteroatoms. The highest BCUT2D eigenvalue weighted by Crippen LogP contribution is 2.23. The average molecular weight is 221 g/mol. The van der Waals surface area contributed by atoms with E-state index in [4.69, 9.17) is 5.11 Å². The highest BCUT2D eigenvalue weighted by molar-refractivity contribution is 7.16. The van der Waals surface area contributed by atoms with Crippen LogP contribution in [-0.2, 0) is 0 Å². The normalized spacial score (nSPS) is 10.2. The van der Waals surface area contributed by atoms with Crippen molar-refractivity contribution in [2.45, 2.75) is 6.92 Å². The minimum absolute atomic E-state index is 0.0706. The fraction of sp³-hybridized carbons (Fsp3) is 0.111. The molecule has 2 aromatic rings. The molecular formula is C9H7N3O2S. The Morgan fingerprint density at radius 3 is 2.87 bits per heavy atom. The van der Waals surface area contributed by atoms with Crippen molar-refractivity contribution in [1.29, 1.82) is 0 Å². The van der Waals surface area contributed by atoms with E-state index in [0.29, 0.717) is 11.5 Å². The number of aromatic nitrogens is 3. The number of thiazole rings is 1. The van der Waals surface area contributed by atoms with Crippen molar-refractivity contribution >= 4 is 17.3 Å². The lowest BCUT2D eigenvalue weighted by molar-refractivity contribution is 0.0696. The molecule has 0 aromatic carbocycles. The molecule has 0 saturated heterocycles. The maximum Gasteiger partial charge on any atom is 0.365 e. The van der Waals surface area contributed by atoms with Crippen LogP contribution in [0.5, 0.6) is 0 Å². The van der Waals surface area contributed by atoms with E-state index >= 15 is 0 Å². The lowest BCUT2D eigenvalue weighted by atomic mass is 10.3. The van der Waals surface area contributed by atoms with Gasteiger partial charge in [-0.3, -0.25) is 0 Å². The second-order valence-corrected chi connectivity index (χ2v) is 3.85. The second kappa shape index (κ2) is 3.74. The summed E-state index contributed by atoms with van der Waals surface area (Å²) >= 11 is 1.10. The molecular weight excluding hydrogens is 214 g/mol. The van der Waals surface area contributed by atoms with Crippen molar-refractivity contribution in [2.75, 3.05) is 0 Å². The van der Waals surface area contributed by atoms with Gasteiger partial charge in [0.2, 0.25) is 5.01 Å². The van der Waals surface area contributed by atoms with Crippen LogP contribution < -0.4 is 0 Å². The standard InChI is InChI=1S/C9H7N3O2S/c1-5-10-3-2-6(12-5)7-4-11-8(15-7)9(13)14/h2-4H,1H3,(H,13,14). The van der Waals surface area contributed by atoms with Crippen molar-refractivity contribution in [3.8, 4) is 10.6 Å². The van der Waals surface area contributed by atoms with Gasteiger partial charge in [0.05, 0.1) is 10.6 Å². The minimum Gasteiger partial charge on any atom is -0.476 e. The van der Waals surface area contributed by atoms with Gasteiger partial charge in [0.1, 0.15) is 5.82 Å². The predicted octanol–water partition coefficient (Wildman–Crippen LogP) is 1.61. The molecule has 5 nitrogen and oxygen atoms in total. The van der Waals surface area contributed by atoms with Crippen LogP contribution in [-0.4, -0.2) is 26.0 Å². The van der Waals surface area contributed by atoms with Crippen molar-refractivity contribution < 1.29 is 9.90 Å². The fourth-order valence-electron chi connectivity index (χ4n) is 1.08. The summed E-state index contributed by atoms with van der Waals surface area (Å²) in [5.74, 6) is -0.366. The Kier molecular flexibility index (Phi) is 2.42. The molecule has 0 aliphatic carbocycles. The Morgan fingerprint density at radius 1 is 1.47 bits per heavy atom. The molecule has 15 heavy (non-hydrogen) atoms. The number of carboxylic acid groups (broad SMARTS) is 1. The molecule has 2 aromatic heterocycles. The van der Waals surface area contributed by atoms with Gasteiger partial charge in [-0.2, -0.15) is 0 Å². The maximum absolute atomic E-state index is 10.6. The molecule has 0 radical (unpaired) electrons. The summed E-state index contributed by atoms with van der Waals surface area (Å²) in [6, 6.07) is 1.73. The molecule has 0 spiro atoms. The van der Waals surface area contributed by atoms with Crippen molar-refractivity contribution in [1.82, 2.24) is 15.0 Å². The van der Waals surface area contributed by atoms with Crippen LogP contribution in [0, 0.1) is 6.92 Å². The molecule has 0 aliphatic rings. The third-order valence-corrected chi connectivity index (χ3v) is 2.72. The van der Waals surface area contributed by atoms with Crippen LogP contribution >= 0.6 is 11.3 Å². The van der Waals surface area contributed by atoms with E-state index in [1.165, 1.54) is 6.20 Å². The summed E-state index contributed by atoms with van der Waals surface area (Å²) in [4.78, 5) is 23.3. The zero-order valence-electron chi connectivity index (χ0n) is 7.84. The Hall–Kier alpha value is -1.82. The van der Waals surface area contributed by atoms with Crippen LogP contribution in [0.25, 0.3) is 10.6 Å². The van der Waals surface area contributed by atoms with Gasteiger partial charge < -0.3 is 5.11 Å². The smallest absolute Gasteiger partial charge is 0.365 e. The quantitative estimate of drug-likeness (QED) is 0.833. The van der Waals surface area contributed by atoms with Crippen molar-refractivity contribution in [3.05, 3.63) is 29.3 Å². The molecule has 1 N–H and O–H groups in total. The van der Waals surface area contributed by atoms with Gasteiger partial charge in [-0.25, -0.2) is 19.7 Å². The Bertz CT molecular complexity index is 510. The number of carboxylic acids is 1. The highest BCUT2D eigenvalue weighted by atomic mass is 32.1. The van der Waals surface area contributed by atoms with Crippen LogP contribution in [0.15, 0.2) is 18.5 Å². The van der Waals surface area contributed by atoms with Crippen molar-refractivity contribution in [2.24, 2.45) is 0 Å². The molecule has 2 heterocycles. The Morgan fingerprint density at radius 2 is 2.27 bits per heavy atom. The van der Waals surface area contributed by atoms with E-state index in [1.807, 2.05) is 0 Å². The number of hydrogen-bond donors (Lipinski definition) is 1. The molecule has 76 valence electrons. The highest BCUT2D eigenvalue weighted by Gasteiger charge is 2.10. The fourth-order valence-corrected chi connectivity index (χ4v) is 1.81. The first kappa shape index (κ1) is 9.72. The molecule has 0 atom stereocenters. The van der Waals surface area contributed by atoms with Gasteiger partial charge in [0, 0.05) is 12.4 Å². The Balaban J connectivity index is 2.41. The summed E-state index contributed by atoms with van der Waals surface area (Å²) in [7, 11) is 0. The SMILES string of the molecule is Cc1nccc(-c2cnc(C(=O)O)s2)n1. The third-order valence-electron chi connectivity index (χ3n) is 1.72. The second-order valence-electron chi connectivity index (χ2n) is 2.82. The molecule has 0 aliphatic heterocycles. The van der Waals surface area contributed by atoms with E-state index in [1.54, 1.807) is 19.2 Å². The third kappa shape index (κ3) is 1.99. The van der Waals surface area contributed by atoms with Gasteiger partial charge in [-0.1, -0.05) is 0 Å². The van der Waals surface area contributed by atoms with E-state index in [9.17, 15) is 4.79 Å². The van der Waals surface area contributed by atoms with Gasteiger partial charge in [0.15, 0.2) is 0 Å². The van der Waals surface area contributed by atoms with E-state index < -0.39 is 5.97 Å².